The SMILES string of the molecule is Cc1ccsc1/C=N\NC(=O)Cc1ccc(N)cc1. The van der Waals surface area contributed by atoms with E-state index in [9.17, 15) is 4.79 Å². The Labute approximate surface area is 116 Å². The van der Waals surface area contributed by atoms with E-state index in [1.165, 1.54) is 0 Å². The standard InChI is InChI=1S/C14H15N3OS/c1-10-6-7-19-13(10)9-16-17-14(18)8-11-2-4-12(15)5-3-11/h2-7,9H,8,15H2,1H3,(H,17,18)/b16-9-. The van der Waals surface area contributed by atoms with Crippen molar-refractivity contribution in [3.05, 3.63) is 51.7 Å². The zero-order valence-corrected chi connectivity index (χ0v) is 11.4. The average molecular weight is 273 g/mol. The van der Waals surface area contributed by atoms with E-state index in [0.717, 1.165) is 16.0 Å². The lowest BCUT2D eigenvalue weighted by Crippen LogP contribution is -2.19. The van der Waals surface area contributed by atoms with Crippen molar-refractivity contribution in [3.8, 4) is 0 Å². The third-order valence-corrected chi connectivity index (χ3v) is 3.57. The van der Waals surface area contributed by atoms with Crippen LogP contribution in [0.25, 0.3) is 0 Å². The number of rotatable bonds is 4. The molecule has 1 aromatic carbocycles. The summed E-state index contributed by atoms with van der Waals surface area (Å²) in [5, 5.41) is 5.94. The predicted molar refractivity (Wildman–Crippen MR) is 79.4 cm³/mol. The molecule has 0 saturated heterocycles. The van der Waals surface area contributed by atoms with Crippen LogP contribution in [0, 0.1) is 6.92 Å². The van der Waals surface area contributed by atoms with Crippen molar-refractivity contribution in [2.75, 3.05) is 5.73 Å². The fourth-order valence-electron chi connectivity index (χ4n) is 1.54. The first-order valence-corrected chi connectivity index (χ1v) is 6.73. The summed E-state index contributed by atoms with van der Waals surface area (Å²) in [7, 11) is 0. The van der Waals surface area contributed by atoms with Gasteiger partial charge in [-0.2, -0.15) is 5.10 Å². The normalized spacial score (nSPS) is 10.8. The largest absolute Gasteiger partial charge is 0.399 e. The van der Waals surface area contributed by atoms with Crippen LogP contribution < -0.4 is 11.2 Å². The summed E-state index contributed by atoms with van der Waals surface area (Å²) in [6.45, 7) is 2.01. The van der Waals surface area contributed by atoms with Gasteiger partial charge in [0.05, 0.1) is 12.6 Å². The van der Waals surface area contributed by atoms with Gasteiger partial charge in [-0.1, -0.05) is 12.1 Å². The number of aryl methyl sites for hydroxylation is 1. The average Bonchev–Trinajstić information content (AvgIpc) is 2.78. The highest BCUT2D eigenvalue weighted by molar-refractivity contribution is 7.11. The van der Waals surface area contributed by atoms with Crippen molar-refractivity contribution in [2.24, 2.45) is 5.10 Å². The molecule has 0 aliphatic heterocycles. The number of thiophene rings is 1. The van der Waals surface area contributed by atoms with Crippen LogP contribution in [0.5, 0.6) is 0 Å². The maximum absolute atomic E-state index is 11.7. The van der Waals surface area contributed by atoms with E-state index < -0.39 is 0 Å². The van der Waals surface area contributed by atoms with Crippen molar-refractivity contribution < 1.29 is 4.79 Å². The van der Waals surface area contributed by atoms with Crippen molar-refractivity contribution >= 4 is 29.1 Å². The lowest BCUT2D eigenvalue weighted by Gasteiger charge is -2.00. The van der Waals surface area contributed by atoms with E-state index in [-0.39, 0.29) is 5.91 Å². The van der Waals surface area contributed by atoms with Gasteiger partial charge in [-0.25, -0.2) is 5.43 Å². The van der Waals surface area contributed by atoms with Crippen LogP contribution >= 0.6 is 11.3 Å². The molecule has 0 atom stereocenters. The van der Waals surface area contributed by atoms with E-state index in [4.69, 9.17) is 5.73 Å². The van der Waals surface area contributed by atoms with Gasteiger partial charge in [0.1, 0.15) is 0 Å². The van der Waals surface area contributed by atoms with Gasteiger partial charge < -0.3 is 5.73 Å². The Bertz CT molecular complexity index is 587. The van der Waals surface area contributed by atoms with Crippen LogP contribution in [0.3, 0.4) is 0 Å². The van der Waals surface area contributed by atoms with Crippen molar-refractivity contribution in [1.82, 2.24) is 5.43 Å². The van der Waals surface area contributed by atoms with Crippen LogP contribution in [-0.2, 0) is 11.2 Å². The molecule has 4 nitrogen and oxygen atoms in total. The maximum atomic E-state index is 11.7. The minimum Gasteiger partial charge on any atom is -0.399 e. The van der Waals surface area contributed by atoms with E-state index >= 15 is 0 Å². The zero-order valence-electron chi connectivity index (χ0n) is 10.6. The molecular formula is C14H15N3OS. The number of hydrazone groups is 1. The number of nitrogen functional groups attached to an aromatic ring is 1. The fourth-order valence-corrected chi connectivity index (χ4v) is 2.33. The lowest BCUT2D eigenvalue weighted by atomic mass is 10.1. The molecule has 0 bridgehead atoms. The summed E-state index contributed by atoms with van der Waals surface area (Å²) in [5.41, 5.74) is 10.9. The second-order valence-electron chi connectivity index (χ2n) is 4.18. The second kappa shape index (κ2) is 6.15. The molecule has 98 valence electrons. The Kier molecular flexibility index (Phi) is 4.30. The minimum atomic E-state index is -0.143. The topological polar surface area (TPSA) is 67.5 Å². The third kappa shape index (κ3) is 3.93. The van der Waals surface area contributed by atoms with E-state index in [0.29, 0.717) is 12.1 Å². The molecule has 3 N–H and O–H groups in total. The maximum Gasteiger partial charge on any atom is 0.244 e. The Balaban J connectivity index is 1.86. The zero-order chi connectivity index (χ0) is 13.7. The molecule has 0 spiro atoms. The summed E-state index contributed by atoms with van der Waals surface area (Å²) in [6.07, 6.45) is 1.96. The van der Waals surface area contributed by atoms with Crippen molar-refractivity contribution in [1.29, 1.82) is 0 Å². The summed E-state index contributed by atoms with van der Waals surface area (Å²) in [4.78, 5) is 12.7. The van der Waals surface area contributed by atoms with Crippen LogP contribution in [0.4, 0.5) is 5.69 Å². The summed E-state index contributed by atoms with van der Waals surface area (Å²) >= 11 is 1.59. The minimum absolute atomic E-state index is 0.143. The third-order valence-electron chi connectivity index (χ3n) is 2.62. The fraction of sp³-hybridized carbons (Fsp3) is 0.143. The van der Waals surface area contributed by atoms with Gasteiger partial charge in [-0.15, -0.1) is 11.3 Å². The second-order valence-corrected chi connectivity index (χ2v) is 5.13. The van der Waals surface area contributed by atoms with E-state index in [2.05, 4.69) is 10.5 Å². The smallest absolute Gasteiger partial charge is 0.244 e. The summed E-state index contributed by atoms with van der Waals surface area (Å²) in [6, 6.07) is 9.24. The molecule has 2 aromatic rings. The number of carbonyl (C=O) groups excluding carboxylic acids is 1. The Morgan fingerprint density at radius 3 is 2.74 bits per heavy atom. The van der Waals surface area contributed by atoms with Crippen molar-refractivity contribution in [2.45, 2.75) is 13.3 Å². The molecule has 5 heteroatoms. The number of hydrogen-bond donors (Lipinski definition) is 2. The Morgan fingerprint density at radius 2 is 2.11 bits per heavy atom. The molecule has 0 fully saturated rings. The summed E-state index contributed by atoms with van der Waals surface area (Å²) < 4.78 is 0. The predicted octanol–water partition coefficient (Wildman–Crippen LogP) is 2.33. The number of anilines is 1. The first-order valence-electron chi connectivity index (χ1n) is 5.85. The van der Waals surface area contributed by atoms with Crippen LogP contribution in [0.2, 0.25) is 0 Å². The highest BCUT2D eigenvalue weighted by Gasteiger charge is 2.02. The number of nitrogens with zero attached hydrogens (tertiary/aromatic N) is 1. The molecule has 2 rings (SSSR count). The molecule has 19 heavy (non-hydrogen) atoms. The molecule has 0 saturated carbocycles. The summed E-state index contributed by atoms with van der Waals surface area (Å²) in [5.74, 6) is -0.143. The first kappa shape index (κ1) is 13.3. The van der Waals surface area contributed by atoms with Gasteiger partial charge in [0.15, 0.2) is 0 Å². The van der Waals surface area contributed by atoms with E-state index in [1.807, 2.05) is 30.5 Å². The molecule has 0 radical (unpaired) electrons. The molecule has 1 amide bonds. The monoisotopic (exact) mass is 273 g/mol. The number of benzene rings is 1. The number of nitrogens with one attached hydrogen (secondary N) is 1. The quantitative estimate of drug-likeness (QED) is 0.510. The van der Waals surface area contributed by atoms with Crippen LogP contribution in [0.15, 0.2) is 40.8 Å². The van der Waals surface area contributed by atoms with Gasteiger partial charge >= 0.3 is 0 Å². The first-order chi connectivity index (χ1) is 9.15. The van der Waals surface area contributed by atoms with E-state index in [1.54, 1.807) is 29.7 Å². The molecule has 1 aromatic heterocycles. The van der Waals surface area contributed by atoms with Gasteiger partial charge in [-0.05, 0) is 41.6 Å². The molecular weight excluding hydrogens is 258 g/mol. The number of amides is 1. The van der Waals surface area contributed by atoms with Crippen molar-refractivity contribution in [3.63, 3.8) is 0 Å². The van der Waals surface area contributed by atoms with Crippen LogP contribution in [-0.4, -0.2) is 12.1 Å². The Morgan fingerprint density at radius 1 is 1.37 bits per heavy atom. The number of nitrogens with two attached hydrogens (primary N) is 1. The Hall–Kier alpha value is -2.14. The van der Waals surface area contributed by atoms with Gasteiger partial charge in [-0.3, -0.25) is 4.79 Å². The number of carbonyl (C=O) groups is 1. The lowest BCUT2D eigenvalue weighted by molar-refractivity contribution is -0.120. The molecule has 0 aliphatic carbocycles. The highest BCUT2D eigenvalue weighted by atomic mass is 32.1. The number of hydrogen-bond acceptors (Lipinski definition) is 4. The molecule has 0 unspecified atom stereocenters. The van der Waals surface area contributed by atoms with Gasteiger partial charge in [0, 0.05) is 10.6 Å². The molecule has 1 heterocycles. The van der Waals surface area contributed by atoms with Crippen LogP contribution in [0.1, 0.15) is 16.0 Å². The van der Waals surface area contributed by atoms with Gasteiger partial charge in [0.2, 0.25) is 5.91 Å². The highest BCUT2D eigenvalue weighted by Crippen LogP contribution is 2.12. The molecule has 0 aliphatic rings. The van der Waals surface area contributed by atoms with Gasteiger partial charge in [0.25, 0.3) is 0 Å².